The molecule has 35 heavy (non-hydrogen) atoms. The van der Waals surface area contributed by atoms with Crippen molar-refractivity contribution in [3.8, 4) is 11.1 Å². The van der Waals surface area contributed by atoms with Crippen molar-refractivity contribution in [2.45, 2.75) is 49.6 Å². The predicted molar refractivity (Wildman–Crippen MR) is 134 cm³/mol. The summed E-state index contributed by atoms with van der Waals surface area (Å²) in [5.41, 5.74) is 3.44. The van der Waals surface area contributed by atoms with Gasteiger partial charge in [-0.3, -0.25) is 4.79 Å². The quantitative estimate of drug-likeness (QED) is 0.645. The molecule has 184 valence electrons. The van der Waals surface area contributed by atoms with Crippen LogP contribution in [0.1, 0.15) is 49.1 Å². The lowest BCUT2D eigenvalue weighted by Gasteiger charge is -2.43. The number of carbonyl (C=O) groups excluding carboxylic acids is 2. The molecule has 0 bridgehead atoms. The third-order valence-corrected chi connectivity index (χ3v) is 8.50. The number of carbonyl (C=O) groups is 3. The van der Waals surface area contributed by atoms with E-state index in [9.17, 15) is 19.5 Å². The van der Waals surface area contributed by atoms with Crippen molar-refractivity contribution in [1.82, 2.24) is 10.2 Å². The van der Waals surface area contributed by atoms with Gasteiger partial charge in [-0.05, 0) is 35.1 Å². The van der Waals surface area contributed by atoms with Gasteiger partial charge in [-0.2, -0.15) is 11.8 Å². The Bertz CT molecular complexity index is 1080. The maximum Gasteiger partial charge on any atom is 0.408 e. The topological polar surface area (TPSA) is 95.9 Å². The van der Waals surface area contributed by atoms with Crippen molar-refractivity contribution in [2.75, 3.05) is 24.7 Å². The Labute approximate surface area is 209 Å². The van der Waals surface area contributed by atoms with E-state index in [1.54, 1.807) is 0 Å². The number of carboxylic acid groups (broad SMARTS) is 1. The van der Waals surface area contributed by atoms with Gasteiger partial charge in [-0.15, -0.1) is 0 Å². The molecule has 8 heteroatoms. The van der Waals surface area contributed by atoms with Crippen LogP contribution in [0.4, 0.5) is 4.79 Å². The van der Waals surface area contributed by atoms with Crippen LogP contribution < -0.4 is 5.32 Å². The molecular formula is C27H30N2O5S. The zero-order valence-corrected chi connectivity index (χ0v) is 20.4. The standard InChI is InChI=1S/C27H30N2O5S/c30-24(31)23-17-35-15-14-29(23)25(32)27(12-6-1-7-13-27)28-26(33)34-16-22-20-10-4-2-8-18(20)19-9-3-5-11-21(19)22/h2-5,8-11,22-23H,1,6-7,12-17H2,(H,28,33)(H,30,31). The summed E-state index contributed by atoms with van der Waals surface area (Å²) in [7, 11) is 0. The minimum atomic E-state index is -1.11. The van der Waals surface area contributed by atoms with Gasteiger partial charge in [0.2, 0.25) is 5.91 Å². The van der Waals surface area contributed by atoms with E-state index in [4.69, 9.17) is 4.74 Å². The number of fused-ring (bicyclic) bond motifs is 3. The number of carboxylic acids is 1. The maximum atomic E-state index is 13.7. The summed E-state index contributed by atoms with van der Waals surface area (Å²) in [5, 5.41) is 12.6. The number of hydrogen-bond donors (Lipinski definition) is 2. The molecule has 2 fully saturated rings. The minimum absolute atomic E-state index is 0.0679. The number of ether oxygens (including phenoxy) is 1. The molecule has 7 nitrogen and oxygen atoms in total. The number of aliphatic carboxylic acids is 1. The lowest BCUT2D eigenvalue weighted by atomic mass is 9.80. The van der Waals surface area contributed by atoms with Crippen LogP contribution in [0.5, 0.6) is 0 Å². The summed E-state index contributed by atoms with van der Waals surface area (Å²) in [4.78, 5) is 40.0. The lowest BCUT2D eigenvalue weighted by molar-refractivity contribution is -0.153. The molecule has 2 aromatic rings. The highest BCUT2D eigenvalue weighted by molar-refractivity contribution is 7.99. The maximum absolute atomic E-state index is 13.7. The smallest absolute Gasteiger partial charge is 0.408 e. The van der Waals surface area contributed by atoms with Gasteiger partial charge in [-0.25, -0.2) is 9.59 Å². The molecule has 1 aliphatic heterocycles. The number of nitrogens with one attached hydrogen (secondary N) is 1. The zero-order valence-electron chi connectivity index (χ0n) is 19.6. The number of rotatable bonds is 5. The number of amides is 2. The van der Waals surface area contributed by atoms with E-state index in [1.807, 2.05) is 24.3 Å². The minimum Gasteiger partial charge on any atom is -0.480 e. The predicted octanol–water partition coefficient (Wildman–Crippen LogP) is 4.26. The van der Waals surface area contributed by atoms with Gasteiger partial charge in [0.1, 0.15) is 18.2 Å². The molecule has 1 heterocycles. The Morgan fingerprint density at radius 2 is 1.63 bits per heavy atom. The highest BCUT2D eigenvalue weighted by atomic mass is 32.2. The molecule has 1 unspecified atom stereocenters. The highest BCUT2D eigenvalue weighted by Gasteiger charge is 2.47. The monoisotopic (exact) mass is 494 g/mol. The first kappa shape index (κ1) is 23.7. The fraction of sp³-hybridized carbons (Fsp3) is 0.444. The first-order chi connectivity index (χ1) is 17.0. The van der Waals surface area contributed by atoms with Crippen molar-refractivity contribution in [1.29, 1.82) is 0 Å². The number of thioether (sulfide) groups is 1. The largest absolute Gasteiger partial charge is 0.480 e. The van der Waals surface area contributed by atoms with E-state index in [2.05, 4.69) is 29.6 Å². The summed E-state index contributed by atoms with van der Waals surface area (Å²) in [6.07, 6.45) is 2.95. The fourth-order valence-electron chi connectivity index (χ4n) is 5.70. The van der Waals surface area contributed by atoms with Gasteiger partial charge in [-0.1, -0.05) is 67.8 Å². The first-order valence-corrected chi connectivity index (χ1v) is 13.4. The molecular weight excluding hydrogens is 464 g/mol. The zero-order chi connectivity index (χ0) is 24.4. The highest BCUT2D eigenvalue weighted by Crippen LogP contribution is 2.44. The van der Waals surface area contributed by atoms with E-state index >= 15 is 0 Å². The van der Waals surface area contributed by atoms with Crippen LogP contribution in [-0.2, 0) is 14.3 Å². The molecule has 1 saturated heterocycles. The SMILES string of the molecule is O=C(NC1(C(=O)N2CCSCC2C(=O)O)CCCCC1)OCC1c2ccccc2-c2ccccc21. The van der Waals surface area contributed by atoms with Gasteiger partial charge in [0.25, 0.3) is 0 Å². The average molecular weight is 495 g/mol. The number of alkyl carbamates (subject to hydrolysis) is 1. The summed E-state index contributed by atoms with van der Waals surface area (Å²) < 4.78 is 5.74. The normalized spacial score (nSPS) is 21.0. The van der Waals surface area contributed by atoms with E-state index in [1.165, 1.54) is 16.7 Å². The Balaban J connectivity index is 1.32. The molecule has 0 radical (unpaired) electrons. The van der Waals surface area contributed by atoms with Crippen LogP contribution in [0.3, 0.4) is 0 Å². The van der Waals surface area contributed by atoms with Crippen molar-refractivity contribution in [2.24, 2.45) is 0 Å². The van der Waals surface area contributed by atoms with Gasteiger partial charge in [0.05, 0.1) is 0 Å². The van der Waals surface area contributed by atoms with Crippen molar-refractivity contribution >= 4 is 29.7 Å². The fourth-order valence-corrected chi connectivity index (χ4v) is 6.74. The van der Waals surface area contributed by atoms with Crippen LogP contribution >= 0.6 is 11.8 Å². The van der Waals surface area contributed by atoms with Crippen molar-refractivity contribution in [3.63, 3.8) is 0 Å². The molecule has 0 aromatic heterocycles. The third kappa shape index (κ3) is 4.51. The molecule has 2 N–H and O–H groups in total. The second kappa shape index (κ2) is 9.93. The summed E-state index contributed by atoms with van der Waals surface area (Å²) in [6, 6.07) is 15.4. The van der Waals surface area contributed by atoms with Crippen LogP contribution in [0.25, 0.3) is 11.1 Å². The second-order valence-electron chi connectivity index (χ2n) is 9.52. The second-order valence-corrected chi connectivity index (χ2v) is 10.7. The molecule has 5 rings (SSSR count). The van der Waals surface area contributed by atoms with E-state index in [0.717, 1.165) is 41.5 Å². The van der Waals surface area contributed by atoms with E-state index in [0.29, 0.717) is 30.9 Å². The third-order valence-electron chi connectivity index (χ3n) is 7.48. The Morgan fingerprint density at radius 3 is 2.26 bits per heavy atom. The van der Waals surface area contributed by atoms with Crippen LogP contribution in [0.2, 0.25) is 0 Å². The molecule has 2 amide bonds. The molecule has 1 atom stereocenters. The van der Waals surface area contributed by atoms with Gasteiger partial charge in [0.15, 0.2) is 0 Å². The molecule has 2 aromatic carbocycles. The van der Waals surface area contributed by atoms with Gasteiger partial charge in [0, 0.05) is 24.0 Å². The molecule has 3 aliphatic rings. The Kier molecular flexibility index (Phi) is 6.73. The van der Waals surface area contributed by atoms with E-state index in [-0.39, 0.29) is 18.4 Å². The summed E-state index contributed by atoms with van der Waals surface area (Å²) in [5.74, 6) is -0.309. The first-order valence-electron chi connectivity index (χ1n) is 12.2. The van der Waals surface area contributed by atoms with Gasteiger partial charge >= 0.3 is 12.1 Å². The molecule has 2 aliphatic carbocycles. The van der Waals surface area contributed by atoms with Gasteiger partial charge < -0.3 is 20.1 Å². The van der Waals surface area contributed by atoms with Crippen molar-refractivity contribution in [3.05, 3.63) is 59.7 Å². The van der Waals surface area contributed by atoms with Crippen LogP contribution in [0.15, 0.2) is 48.5 Å². The average Bonchev–Trinajstić information content (AvgIpc) is 3.21. The summed E-state index contributed by atoms with van der Waals surface area (Å²) in [6.45, 7) is 0.539. The van der Waals surface area contributed by atoms with Crippen molar-refractivity contribution < 1.29 is 24.2 Å². The summed E-state index contributed by atoms with van der Waals surface area (Å²) >= 11 is 1.54. The Morgan fingerprint density at radius 1 is 1.00 bits per heavy atom. The lowest BCUT2D eigenvalue weighted by Crippen LogP contribution is -2.64. The van der Waals surface area contributed by atoms with Crippen LogP contribution in [-0.4, -0.2) is 64.2 Å². The van der Waals surface area contributed by atoms with E-state index < -0.39 is 23.6 Å². The Hall–Kier alpha value is -3.00. The molecule has 1 saturated carbocycles. The number of hydrogen-bond acceptors (Lipinski definition) is 5. The van der Waals surface area contributed by atoms with Crippen LogP contribution in [0, 0.1) is 0 Å². The number of benzene rings is 2. The number of nitrogens with zero attached hydrogens (tertiary/aromatic N) is 1. The molecule has 0 spiro atoms.